The normalized spacial score (nSPS) is 15.2. The van der Waals surface area contributed by atoms with Crippen molar-refractivity contribution in [3.8, 4) is 5.75 Å². The van der Waals surface area contributed by atoms with E-state index in [4.69, 9.17) is 4.74 Å². The number of aryl methyl sites for hydroxylation is 1. The lowest BCUT2D eigenvalue weighted by atomic mass is 9.94. The molecule has 1 amide bonds. The van der Waals surface area contributed by atoms with Crippen LogP contribution in [0.2, 0.25) is 0 Å². The fourth-order valence-electron chi connectivity index (χ4n) is 3.10. The molecule has 0 bridgehead atoms. The molecule has 0 saturated carbocycles. The van der Waals surface area contributed by atoms with Crippen LogP contribution in [-0.4, -0.2) is 34.1 Å². The smallest absolute Gasteiger partial charge is 0.283 e. The summed E-state index contributed by atoms with van der Waals surface area (Å²) in [5.74, 6) is 0.250. The van der Waals surface area contributed by atoms with Crippen LogP contribution in [0.1, 0.15) is 36.3 Å². The van der Waals surface area contributed by atoms with E-state index >= 15 is 0 Å². The molecule has 0 unspecified atom stereocenters. The summed E-state index contributed by atoms with van der Waals surface area (Å²) >= 11 is 0. The van der Waals surface area contributed by atoms with E-state index in [1.54, 1.807) is 30.3 Å². The number of pyridine rings is 1. The van der Waals surface area contributed by atoms with E-state index in [0.717, 1.165) is 22.5 Å². The van der Waals surface area contributed by atoms with E-state index in [1.165, 1.54) is 24.7 Å². The predicted molar refractivity (Wildman–Crippen MR) is 106 cm³/mol. The first-order valence-corrected chi connectivity index (χ1v) is 10.5. The highest BCUT2D eigenvalue weighted by atomic mass is 32.2. The van der Waals surface area contributed by atoms with Crippen LogP contribution in [-0.2, 0) is 16.4 Å². The Morgan fingerprint density at radius 2 is 2.07 bits per heavy atom. The first kappa shape index (κ1) is 19.1. The number of anilines is 1. The van der Waals surface area contributed by atoms with Gasteiger partial charge in [-0.05, 0) is 62.6 Å². The number of amides is 1. The van der Waals surface area contributed by atoms with Gasteiger partial charge in [0.05, 0.1) is 23.0 Å². The number of benzene rings is 1. The van der Waals surface area contributed by atoms with Gasteiger partial charge in [0.2, 0.25) is 0 Å². The first-order valence-electron chi connectivity index (χ1n) is 9.09. The molecule has 0 fully saturated rings. The molecule has 0 atom stereocenters. The Labute approximate surface area is 168 Å². The molecule has 1 aromatic carbocycles. The van der Waals surface area contributed by atoms with Crippen molar-refractivity contribution in [2.75, 3.05) is 5.32 Å². The highest BCUT2D eigenvalue weighted by Gasteiger charge is 2.28. The minimum absolute atomic E-state index is 0.116. The Morgan fingerprint density at radius 1 is 1.24 bits per heavy atom. The molecular formula is C20H20N4O4S. The van der Waals surface area contributed by atoms with Gasteiger partial charge in [-0.3, -0.25) is 9.78 Å². The average Bonchev–Trinajstić information content (AvgIpc) is 3.17. The fraction of sp³-hybridized carbons (Fsp3) is 0.250. The molecule has 3 heterocycles. The quantitative estimate of drug-likeness (QED) is 0.707. The molecule has 0 aliphatic carbocycles. The Kier molecular flexibility index (Phi) is 4.62. The molecule has 1 aliphatic rings. The molecule has 8 nitrogen and oxygen atoms in total. The molecule has 9 heteroatoms. The van der Waals surface area contributed by atoms with Crippen molar-refractivity contribution in [2.24, 2.45) is 0 Å². The van der Waals surface area contributed by atoms with Gasteiger partial charge in [-0.2, -0.15) is 17.6 Å². The van der Waals surface area contributed by atoms with Gasteiger partial charge in [-0.15, -0.1) is 0 Å². The average molecular weight is 412 g/mol. The van der Waals surface area contributed by atoms with Crippen LogP contribution in [0, 0.1) is 0 Å². The predicted octanol–water partition coefficient (Wildman–Crippen LogP) is 2.87. The number of fused-ring (bicyclic) bond motifs is 1. The van der Waals surface area contributed by atoms with Gasteiger partial charge in [0.1, 0.15) is 17.0 Å². The minimum atomic E-state index is -3.90. The van der Waals surface area contributed by atoms with E-state index in [9.17, 15) is 13.2 Å². The number of ether oxygens (including phenoxy) is 1. The van der Waals surface area contributed by atoms with Crippen molar-refractivity contribution in [3.05, 3.63) is 66.2 Å². The number of hydrogen-bond acceptors (Lipinski definition) is 6. The van der Waals surface area contributed by atoms with Crippen molar-refractivity contribution >= 4 is 21.6 Å². The number of nitrogens with zero attached hydrogens (tertiary/aromatic N) is 3. The summed E-state index contributed by atoms with van der Waals surface area (Å²) in [6, 6.07) is 9.75. The number of rotatable bonds is 4. The summed E-state index contributed by atoms with van der Waals surface area (Å²) in [6.45, 7) is 4.01. The number of aromatic nitrogens is 3. The highest BCUT2D eigenvalue weighted by molar-refractivity contribution is 7.89. The van der Waals surface area contributed by atoms with Crippen LogP contribution in [0.15, 0.2) is 59.9 Å². The summed E-state index contributed by atoms with van der Waals surface area (Å²) < 4.78 is 32.7. The molecule has 4 rings (SSSR count). The van der Waals surface area contributed by atoms with E-state index < -0.39 is 15.9 Å². The Balaban J connectivity index is 1.57. The SMILES string of the molecule is CC1(C)CCc2cc(S(=O)(=O)n3cc(NC(=O)c4ccccn4)cn3)ccc2O1. The van der Waals surface area contributed by atoms with Gasteiger partial charge in [-0.1, -0.05) is 6.07 Å². The molecule has 150 valence electrons. The number of hydrogen-bond donors (Lipinski definition) is 1. The monoisotopic (exact) mass is 412 g/mol. The van der Waals surface area contributed by atoms with Gasteiger partial charge in [0.25, 0.3) is 15.9 Å². The van der Waals surface area contributed by atoms with Crippen LogP contribution in [0.4, 0.5) is 5.69 Å². The zero-order valence-corrected chi connectivity index (χ0v) is 16.8. The summed E-state index contributed by atoms with van der Waals surface area (Å²) in [5.41, 5.74) is 1.06. The lowest BCUT2D eigenvalue weighted by Gasteiger charge is -2.32. The Morgan fingerprint density at radius 3 is 2.83 bits per heavy atom. The largest absolute Gasteiger partial charge is 0.488 e. The number of nitrogens with one attached hydrogen (secondary N) is 1. The van der Waals surface area contributed by atoms with Crippen molar-refractivity contribution < 1.29 is 17.9 Å². The van der Waals surface area contributed by atoms with Crippen LogP contribution in [0.5, 0.6) is 5.75 Å². The van der Waals surface area contributed by atoms with Crippen LogP contribution in [0.25, 0.3) is 0 Å². The molecule has 1 aliphatic heterocycles. The Hall–Kier alpha value is -3.20. The summed E-state index contributed by atoms with van der Waals surface area (Å²) in [4.78, 5) is 16.3. The van der Waals surface area contributed by atoms with Gasteiger partial charge in [0.15, 0.2) is 0 Å². The summed E-state index contributed by atoms with van der Waals surface area (Å²) in [5, 5.41) is 6.50. The van der Waals surface area contributed by atoms with Crippen molar-refractivity contribution in [3.63, 3.8) is 0 Å². The molecule has 0 radical (unpaired) electrons. The lowest BCUT2D eigenvalue weighted by Crippen LogP contribution is -2.32. The topological polar surface area (TPSA) is 103 Å². The maximum Gasteiger partial charge on any atom is 0.283 e. The van der Waals surface area contributed by atoms with E-state index in [2.05, 4.69) is 15.4 Å². The Bertz CT molecular complexity index is 1170. The zero-order chi connectivity index (χ0) is 20.6. The van der Waals surface area contributed by atoms with Crippen molar-refractivity contribution in [1.29, 1.82) is 0 Å². The summed E-state index contributed by atoms with van der Waals surface area (Å²) in [7, 11) is -3.90. The maximum atomic E-state index is 13.0. The highest BCUT2D eigenvalue weighted by Crippen LogP contribution is 2.34. The third-order valence-electron chi connectivity index (χ3n) is 4.67. The minimum Gasteiger partial charge on any atom is -0.488 e. The second-order valence-electron chi connectivity index (χ2n) is 7.41. The maximum absolute atomic E-state index is 13.0. The molecule has 0 spiro atoms. The molecular weight excluding hydrogens is 392 g/mol. The van der Waals surface area contributed by atoms with E-state index in [-0.39, 0.29) is 21.9 Å². The molecule has 0 saturated heterocycles. The van der Waals surface area contributed by atoms with E-state index in [1.807, 2.05) is 13.8 Å². The van der Waals surface area contributed by atoms with E-state index in [0.29, 0.717) is 5.75 Å². The van der Waals surface area contributed by atoms with Crippen LogP contribution in [0.3, 0.4) is 0 Å². The van der Waals surface area contributed by atoms with Gasteiger partial charge < -0.3 is 10.1 Å². The molecule has 2 aromatic heterocycles. The zero-order valence-electron chi connectivity index (χ0n) is 16.0. The summed E-state index contributed by atoms with van der Waals surface area (Å²) in [6.07, 6.45) is 5.58. The van der Waals surface area contributed by atoms with Crippen LogP contribution < -0.4 is 10.1 Å². The molecule has 29 heavy (non-hydrogen) atoms. The molecule has 3 aromatic rings. The third kappa shape index (κ3) is 3.86. The molecule has 1 N–H and O–H groups in total. The standard InChI is InChI=1S/C20H20N4O4S/c1-20(2)9-8-14-11-16(6-7-18(14)28-20)29(26,27)24-13-15(12-22-24)23-19(25)17-5-3-4-10-21-17/h3-7,10-13H,8-9H2,1-2H3,(H,23,25). The third-order valence-corrected chi connectivity index (χ3v) is 6.22. The van der Waals surface area contributed by atoms with Crippen molar-refractivity contribution in [2.45, 2.75) is 37.2 Å². The van der Waals surface area contributed by atoms with Gasteiger partial charge in [0, 0.05) is 6.20 Å². The first-order chi connectivity index (χ1) is 13.7. The van der Waals surface area contributed by atoms with Gasteiger partial charge in [-0.25, -0.2) is 0 Å². The lowest BCUT2D eigenvalue weighted by molar-refractivity contribution is 0.0845. The van der Waals surface area contributed by atoms with Gasteiger partial charge >= 0.3 is 0 Å². The second-order valence-corrected chi connectivity index (χ2v) is 9.20. The second kappa shape index (κ2) is 7.00. The van der Waals surface area contributed by atoms with Crippen molar-refractivity contribution in [1.82, 2.24) is 14.2 Å². The number of carbonyl (C=O) groups is 1. The van der Waals surface area contributed by atoms with Crippen LogP contribution >= 0.6 is 0 Å². The number of carbonyl (C=O) groups excluding carboxylic acids is 1. The fourth-order valence-corrected chi connectivity index (χ4v) is 4.27.